The zero-order valence-corrected chi connectivity index (χ0v) is 14.3. The summed E-state index contributed by atoms with van der Waals surface area (Å²) in [7, 11) is 1.86. The van der Waals surface area contributed by atoms with Gasteiger partial charge in [0.05, 0.1) is 17.2 Å². The van der Waals surface area contributed by atoms with Crippen LogP contribution in [0.2, 0.25) is 0 Å². The van der Waals surface area contributed by atoms with Gasteiger partial charge in [-0.2, -0.15) is 4.98 Å². The average Bonchev–Trinajstić information content (AvgIpc) is 3.14. The van der Waals surface area contributed by atoms with Crippen LogP contribution >= 0.6 is 0 Å². The number of aryl methyl sites for hydroxylation is 1. The Hall–Kier alpha value is -2.48. The number of aromatic nitrogens is 5. The summed E-state index contributed by atoms with van der Waals surface area (Å²) in [6.45, 7) is 6.83. The summed E-state index contributed by atoms with van der Waals surface area (Å²) in [5.74, 6) is 1.26. The van der Waals surface area contributed by atoms with E-state index in [1.807, 2.05) is 18.5 Å². The van der Waals surface area contributed by atoms with Crippen LogP contribution in [0.4, 0.5) is 0 Å². The summed E-state index contributed by atoms with van der Waals surface area (Å²) in [5, 5.41) is 4.50. The van der Waals surface area contributed by atoms with Crippen LogP contribution in [-0.2, 0) is 18.3 Å². The lowest BCUT2D eigenvalue weighted by atomic mass is 10.2. The lowest BCUT2D eigenvalue weighted by Gasteiger charge is -2.10. The van der Waals surface area contributed by atoms with Crippen molar-refractivity contribution in [3.63, 3.8) is 0 Å². The van der Waals surface area contributed by atoms with E-state index in [1.165, 1.54) is 10.9 Å². The molecule has 0 aliphatic carbocycles. The predicted molar refractivity (Wildman–Crippen MR) is 87.6 cm³/mol. The van der Waals surface area contributed by atoms with Crippen molar-refractivity contribution in [2.24, 2.45) is 13.0 Å². The zero-order valence-electron chi connectivity index (χ0n) is 14.3. The van der Waals surface area contributed by atoms with Crippen LogP contribution in [-0.4, -0.2) is 30.9 Å². The van der Waals surface area contributed by atoms with Gasteiger partial charge in [0.2, 0.25) is 5.89 Å². The molecule has 3 aromatic heterocycles. The molecular weight excluding hydrogens is 310 g/mol. The van der Waals surface area contributed by atoms with E-state index >= 15 is 0 Å². The van der Waals surface area contributed by atoms with Crippen molar-refractivity contribution in [1.82, 2.24) is 24.3 Å². The van der Waals surface area contributed by atoms with Crippen molar-refractivity contribution in [1.29, 1.82) is 0 Å². The van der Waals surface area contributed by atoms with Crippen molar-refractivity contribution in [2.45, 2.75) is 33.4 Å². The third-order valence-electron chi connectivity index (χ3n) is 3.59. The second-order valence-electron chi connectivity index (χ2n) is 6.32. The first-order valence-corrected chi connectivity index (χ1v) is 7.89. The molecule has 0 N–H and O–H groups in total. The Morgan fingerprint density at radius 3 is 2.83 bits per heavy atom. The van der Waals surface area contributed by atoms with Crippen LogP contribution in [0, 0.1) is 5.92 Å². The summed E-state index contributed by atoms with van der Waals surface area (Å²) in [6.07, 6.45) is 4.80. The maximum absolute atomic E-state index is 12.5. The van der Waals surface area contributed by atoms with E-state index in [0.29, 0.717) is 35.1 Å². The Balaban J connectivity index is 1.77. The van der Waals surface area contributed by atoms with Gasteiger partial charge in [0.25, 0.3) is 5.56 Å². The normalized spacial score (nSPS) is 13.0. The highest BCUT2D eigenvalue weighted by Crippen LogP contribution is 2.15. The monoisotopic (exact) mass is 331 g/mol. The van der Waals surface area contributed by atoms with E-state index in [0.717, 1.165) is 0 Å². The van der Waals surface area contributed by atoms with Gasteiger partial charge < -0.3 is 13.8 Å². The summed E-state index contributed by atoms with van der Waals surface area (Å²) in [4.78, 5) is 21.1. The van der Waals surface area contributed by atoms with Gasteiger partial charge in [-0.3, -0.25) is 9.36 Å². The Morgan fingerprint density at radius 1 is 1.29 bits per heavy atom. The van der Waals surface area contributed by atoms with E-state index in [-0.39, 0.29) is 18.2 Å². The molecule has 0 aliphatic rings. The molecule has 8 nitrogen and oxygen atoms in total. The number of fused-ring (bicyclic) bond motifs is 1. The van der Waals surface area contributed by atoms with Gasteiger partial charge in [0.15, 0.2) is 5.82 Å². The predicted octanol–water partition coefficient (Wildman–Crippen LogP) is 1.90. The minimum Gasteiger partial charge on any atom is -0.370 e. The van der Waals surface area contributed by atoms with Crippen LogP contribution < -0.4 is 5.56 Å². The summed E-state index contributed by atoms with van der Waals surface area (Å²) < 4.78 is 14.2. The molecule has 128 valence electrons. The molecule has 0 radical (unpaired) electrons. The maximum Gasteiger partial charge on any atom is 0.263 e. The standard InChI is InChI=1S/C16H21N5O3/c1-10(2)8-23-11(3)15-18-14(24-19-15)7-21-9-17-13-6-20(4)5-12(13)16(21)22/h5-6,9-11H,7-8H2,1-4H3. The molecular formula is C16H21N5O3. The quantitative estimate of drug-likeness (QED) is 0.685. The van der Waals surface area contributed by atoms with Crippen molar-refractivity contribution >= 4 is 10.9 Å². The molecule has 0 aliphatic heterocycles. The van der Waals surface area contributed by atoms with Crippen LogP contribution in [0.3, 0.4) is 0 Å². The van der Waals surface area contributed by atoms with Crippen molar-refractivity contribution in [3.05, 3.63) is 40.8 Å². The van der Waals surface area contributed by atoms with E-state index in [4.69, 9.17) is 9.26 Å². The molecule has 3 rings (SSSR count). The highest BCUT2D eigenvalue weighted by Gasteiger charge is 2.16. The first-order valence-electron chi connectivity index (χ1n) is 7.89. The third kappa shape index (κ3) is 3.38. The van der Waals surface area contributed by atoms with E-state index in [2.05, 4.69) is 29.0 Å². The van der Waals surface area contributed by atoms with Crippen LogP contribution in [0.5, 0.6) is 0 Å². The average molecular weight is 331 g/mol. The zero-order chi connectivity index (χ0) is 17.3. The van der Waals surface area contributed by atoms with Gasteiger partial charge >= 0.3 is 0 Å². The molecule has 1 unspecified atom stereocenters. The Kier molecular flexibility index (Phi) is 4.48. The first-order chi connectivity index (χ1) is 11.4. The molecule has 0 amide bonds. The summed E-state index contributed by atoms with van der Waals surface area (Å²) in [6, 6.07) is 0. The van der Waals surface area contributed by atoms with Crippen LogP contribution in [0.1, 0.15) is 38.6 Å². The molecule has 8 heteroatoms. The lowest BCUT2D eigenvalue weighted by Crippen LogP contribution is -2.20. The van der Waals surface area contributed by atoms with Crippen LogP contribution in [0.15, 0.2) is 28.0 Å². The van der Waals surface area contributed by atoms with Crippen LogP contribution in [0.25, 0.3) is 10.9 Å². The summed E-state index contributed by atoms with van der Waals surface area (Å²) >= 11 is 0. The first kappa shape index (κ1) is 16.4. The molecule has 0 aromatic carbocycles. The fourth-order valence-electron chi connectivity index (χ4n) is 2.34. The molecule has 3 heterocycles. The van der Waals surface area contributed by atoms with Crippen molar-refractivity contribution < 1.29 is 9.26 Å². The number of nitrogens with zero attached hydrogens (tertiary/aromatic N) is 5. The van der Waals surface area contributed by atoms with Crippen molar-refractivity contribution in [3.8, 4) is 0 Å². The fraction of sp³-hybridized carbons (Fsp3) is 0.500. The minimum absolute atomic E-state index is 0.135. The number of hydrogen-bond donors (Lipinski definition) is 0. The molecule has 0 bridgehead atoms. The largest absolute Gasteiger partial charge is 0.370 e. The van der Waals surface area contributed by atoms with E-state index < -0.39 is 0 Å². The van der Waals surface area contributed by atoms with Crippen molar-refractivity contribution in [2.75, 3.05) is 6.61 Å². The number of ether oxygens (including phenoxy) is 1. The molecule has 0 saturated heterocycles. The van der Waals surface area contributed by atoms with Gasteiger partial charge in [0, 0.05) is 26.0 Å². The molecule has 24 heavy (non-hydrogen) atoms. The van der Waals surface area contributed by atoms with E-state index in [1.54, 1.807) is 12.4 Å². The summed E-state index contributed by atoms with van der Waals surface area (Å²) in [5.41, 5.74) is 0.533. The molecule has 0 spiro atoms. The SMILES string of the molecule is CC(C)COC(C)c1noc(Cn2cnc3cn(C)cc3c2=O)n1. The van der Waals surface area contributed by atoms with E-state index in [9.17, 15) is 4.79 Å². The Morgan fingerprint density at radius 2 is 2.08 bits per heavy atom. The molecule has 3 aromatic rings. The number of hydrogen-bond acceptors (Lipinski definition) is 6. The Bertz CT molecular complexity index is 893. The highest BCUT2D eigenvalue weighted by molar-refractivity contribution is 5.76. The molecule has 0 fully saturated rings. The maximum atomic E-state index is 12.5. The van der Waals surface area contributed by atoms with Gasteiger partial charge in [-0.15, -0.1) is 0 Å². The van der Waals surface area contributed by atoms with Gasteiger partial charge in [0.1, 0.15) is 12.6 Å². The van der Waals surface area contributed by atoms with Gasteiger partial charge in [-0.05, 0) is 12.8 Å². The topological polar surface area (TPSA) is 88.0 Å². The minimum atomic E-state index is -0.253. The fourth-order valence-corrected chi connectivity index (χ4v) is 2.34. The molecule has 1 atom stereocenters. The van der Waals surface area contributed by atoms with Gasteiger partial charge in [-0.1, -0.05) is 19.0 Å². The number of rotatable bonds is 6. The second-order valence-corrected chi connectivity index (χ2v) is 6.32. The van der Waals surface area contributed by atoms with Gasteiger partial charge in [-0.25, -0.2) is 4.98 Å². The lowest BCUT2D eigenvalue weighted by molar-refractivity contribution is 0.0402. The third-order valence-corrected chi connectivity index (χ3v) is 3.59. The Labute approximate surface area is 139 Å². The second kappa shape index (κ2) is 6.56. The highest BCUT2D eigenvalue weighted by atomic mass is 16.5. The smallest absolute Gasteiger partial charge is 0.263 e. The molecule has 0 saturated carbocycles.